The maximum absolute atomic E-state index is 9.39. The predicted octanol–water partition coefficient (Wildman–Crippen LogP) is -2.06. The van der Waals surface area contributed by atoms with E-state index in [1.807, 2.05) is 0 Å². The van der Waals surface area contributed by atoms with Gasteiger partial charge in [-0.3, -0.25) is 0 Å². The second-order valence-electron chi connectivity index (χ2n) is 3.33. The van der Waals surface area contributed by atoms with Crippen molar-refractivity contribution in [2.24, 2.45) is 11.3 Å². The molecule has 0 saturated carbocycles. The summed E-state index contributed by atoms with van der Waals surface area (Å²) in [7, 11) is 0. The van der Waals surface area contributed by atoms with Crippen LogP contribution >= 0.6 is 0 Å². The van der Waals surface area contributed by atoms with Gasteiger partial charge in [-0.05, 0) is 5.92 Å². The lowest BCUT2D eigenvalue weighted by Crippen LogP contribution is -2.49. The third kappa shape index (κ3) is 2.38. The Bertz CT molecular complexity index is 122. The zero-order chi connectivity index (χ0) is 10.5. The zero-order valence-corrected chi connectivity index (χ0v) is 7.72. The Morgan fingerprint density at radius 2 is 1.46 bits per heavy atom. The molecule has 2 unspecified atom stereocenters. The standard InChI is InChI=1S/C8H18O5/c1-6(2-9)8(4-11,5-12)7(13)3-10/h6-7,9-13H,2-5H2,1H3. The van der Waals surface area contributed by atoms with Gasteiger partial charge in [0.25, 0.3) is 0 Å². The molecule has 0 aliphatic heterocycles. The Morgan fingerprint density at radius 3 is 1.69 bits per heavy atom. The Morgan fingerprint density at radius 1 is 1.00 bits per heavy atom. The minimum absolute atomic E-state index is 0.266. The van der Waals surface area contributed by atoms with Gasteiger partial charge in [0, 0.05) is 12.0 Å². The SMILES string of the molecule is CC(CO)C(CO)(CO)C(O)CO. The average Bonchev–Trinajstić information content (AvgIpc) is 2.19. The molecule has 2 atom stereocenters. The lowest BCUT2D eigenvalue weighted by Gasteiger charge is -2.38. The van der Waals surface area contributed by atoms with E-state index in [0.717, 1.165) is 0 Å². The van der Waals surface area contributed by atoms with Crippen LogP contribution in [0.1, 0.15) is 6.92 Å². The molecule has 0 heterocycles. The van der Waals surface area contributed by atoms with Crippen LogP contribution in [0.3, 0.4) is 0 Å². The summed E-state index contributed by atoms with van der Waals surface area (Å²) in [6.07, 6.45) is -1.23. The predicted molar refractivity (Wildman–Crippen MR) is 45.9 cm³/mol. The number of aliphatic hydroxyl groups is 5. The molecule has 5 heteroatoms. The Hall–Kier alpha value is -0.200. The van der Waals surface area contributed by atoms with E-state index in [2.05, 4.69) is 0 Å². The molecule has 0 radical (unpaired) electrons. The van der Waals surface area contributed by atoms with Gasteiger partial charge in [0.1, 0.15) is 0 Å². The van der Waals surface area contributed by atoms with Gasteiger partial charge in [-0.2, -0.15) is 0 Å². The summed E-state index contributed by atoms with van der Waals surface area (Å²) in [5, 5.41) is 45.0. The molecule has 0 bridgehead atoms. The van der Waals surface area contributed by atoms with E-state index >= 15 is 0 Å². The maximum Gasteiger partial charge on any atom is 0.0874 e. The smallest absolute Gasteiger partial charge is 0.0874 e. The van der Waals surface area contributed by atoms with Crippen LogP contribution in [0.15, 0.2) is 0 Å². The third-order valence-corrected chi connectivity index (χ3v) is 2.68. The van der Waals surface area contributed by atoms with Crippen molar-refractivity contribution in [2.45, 2.75) is 13.0 Å². The fourth-order valence-electron chi connectivity index (χ4n) is 1.26. The van der Waals surface area contributed by atoms with E-state index in [1.54, 1.807) is 6.92 Å². The fourth-order valence-corrected chi connectivity index (χ4v) is 1.26. The Balaban J connectivity index is 4.67. The molecule has 0 spiro atoms. The number of hydrogen-bond donors (Lipinski definition) is 5. The average molecular weight is 194 g/mol. The molecular weight excluding hydrogens is 176 g/mol. The Kier molecular flexibility index (Phi) is 5.43. The molecule has 13 heavy (non-hydrogen) atoms. The van der Waals surface area contributed by atoms with Crippen molar-refractivity contribution in [3.05, 3.63) is 0 Å². The summed E-state index contributed by atoms with van der Waals surface area (Å²) >= 11 is 0. The van der Waals surface area contributed by atoms with Gasteiger partial charge in [0.05, 0.1) is 25.9 Å². The zero-order valence-electron chi connectivity index (χ0n) is 7.72. The highest BCUT2D eigenvalue weighted by Gasteiger charge is 2.41. The summed E-state index contributed by atoms with van der Waals surface area (Å²) in [6.45, 7) is -0.186. The number of rotatable bonds is 6. The first-order valence-corrected chi connectivity index (χ1v) is 4.20. The van der Waals surface area contributed by atoms with Gasteiger partial charge in [-0.15, -0.1) is 0 Å². The highest BCUT2D eigenvalue weighted by Crippen LogP contribution is 2.30. The fraction of sp³-hybridized carbons (Fsp3) is 1.00. The van der Waals surface area contributed by atoms with Gasteiger partial charge in [0.15, 0.2) is 0 Å². The second kappa shape index (κ2) is 5.51. The molecule has 80 valence electrons. The molecule has 0 amide bonds. The normalized spacial score (nSPS) is 17.1. The van der Waals surface area contributed by atoms with Crippen molar-refractivity contribution in [3.8, 4) is 0 Å². The minimum Gasteiger partial charge on any atom is -0.396 e. The van der Waals surface area contributed by atoms with Crippen LogP contribution in [-0.2, 0) is 0 Å². The van der Waals surface area contributed by atoms with E-state index in [9.17, 15) is 5.11 Å². The van der Waals surface area contributed by atoms with Gasteiger partial charge in [-0.1, -0.05) is 6.92 Å². The van der Waals surface area contributed by atoms with Crippen molar-refractivity contribution in [1.29, 1.82) is 0 Å². The quantitative estimate of drug-likeness (QED) is 0.335. The largest absolute Gasteiger partial charge is 0.396 e. The van der Waals surface area contributed by atoms with Crippen LogP contribution < -0.4 is 0 Å². The molecule has 0 aliphatic rings. The summed E-state index contributed by atoms with van der Waals surface area (Å²) < 4.78 is 0. The van der Waals surface area contributed by atoms with E-state index < -0.39 is 37.3 Å². The molecule has 5 N–H and O–H groups in total. The van der Waals surface area contributed by atoms with E-state index in [0.29, 0.717) is 0 Å². The third-order valence-electron chi connectivity index (χ3n) is 2.68. The van der Waals surface area contributed by atoms with Gasteiger partial charge >= 0.3 is 0 Å². The summed E-state index contributed by atoms with van der Waals surface area (Å²) in [5.41, 5.74) is -1.23. The molecule has 5 nitrogen and oxygen atoms in total. The minimum atomic E-state index is -1.23. The van der Waals surface area contributed by atoms with Crippen molar-refractivity contribution in [1.82, 2.24) is 0 Å². The Labute approximate surface area is 77.3 Å². The number of aliphatic hydroxyl groups excluding tert-OH is 5. The van der Waals surface area contributed by atoms with Crippen LogP contribution in [0.25, 0.3) is 0 Å². The second-order valence-corrected chi connectivity index (χ2v) is 3.33. The van der Waals surface area contributed by atoms with Crippen LogP contribution in [-0.4, -0.2) is 58.1 Å². The molecule has 0 aromatic carbocycles. The topological polar surface area (TPSA) is 101 Å². The van der Waals surface area contributed by atoms with Crippen molar-refractivity contribution in [3.63, 3.8) is 0 Å². The highest BCUT2D eigenvalue weighted by molar-refractivity contribution is 4.89. The highest BCUT2D eigenvalue weighted by atomic mass is 16.3. The molecular formula is C8H18O5. The summed E-state index contributed by atoms with van der Waals surface area (Å²) in [6, 6.07) is 0. The molecule has 0 fully saturated rings. The first-order chi connectivity index (χ1) is 6.08. The monoisotopic (exact) mass is 194 g/mol. The molecule has 0 aromatic rings. The van der Waals surface area contributed by atoms with Gasteiger partial charge in [0.2, 0.25) is 0 Å². The van der Waals surface area contributed by atoms with E-state index in [4.69, 9.17) is 20.4 Å². The van der Waals surface area contributed by atoms with Crippen molar-refractivity contribution >= 4 is 0 Å². The van der Waals surface area contributed by atoms with Gasteiger partial charge < -0.3 is 25.5 Å². The lowest BCUT2D eigenvalue weighted by molar-refractivity contribution is -0.113. The first-order valence-electron chi connectivity index (χ1n) is 4.20. The van der Waals surface area contributed by atoms with Crippen molar-refractivity contribution < 1.29 is 25.5 Å². The lowest BCUT2D eigenvalue weighted by atomic mass is 9.73. The molecule has 0 saturated heterocycles. The van der Waals surface area contributed by atoms with Crippen LogP contribution in [0.5, 0.6) is 0 Å². The van der Waals surface area contributed by atoms with E-state index in [1.165, 1.54) is 0 Å². The van der Waals surface area contributed by atoms with Crippen LogP contribution in [0.2, 0.25) is 0 Å². The first kappa shape index (κ1) is 12.8. The van der Waals surface area contributed by atoms with Crippen LogP contribution in [0, 0.1) is 11.3 Å². The van der Waals surface area contributed by atoms with Crippen molar-refractivity contribution in [2.75, 3.05) is 26.4 Å². The summed E-state index contributed by atoms with van der Waals surface area (Å²) in [4.78, 5) is 0. The molecule has 0 aliphatic carbocycles. The van der Waals surface area contributed by atoms with Crippen LogP contribution in [0.4, 0.5) is 0 Å². The summed E-state index contributed by atoms with van der Waals surface area (Å²) in [5.74, 6) is -0.482. The molecule has 0 aromatic heterocycles. The molecule has 0 rings (SSSR count). The number of hydrogen-bond acceptors (Lipinski definition) is 5. The maximum atomic E-state index is 9.39. The van der Waals surface area contributed by atoms with Gasteiger partial charge in [-0.25, -0.2) is 0 Å². The van der Waals surface area contributed by atoms with E-state index in [-0.39, 0.29) is 6.61 Å².